The first-order chi connectivity index (χ1) is 15.1. The third kappa shape index (κ3) is 5.26. The van der Waals surface area contributed by atoms with E-state index in [0.717, 1.165) is 35.2 Å². The molecule has 1 aromatic heterocycles. The number of aromatic nitrogens is 1. The second kappa shape index (κ2) is 9.94. The van der Waals surface area contributed by atoms with Gasteiger partial charge in [0.15, 0.2) is 5.13 Å². The molecule has 0 bridgehead atoms. The zero-order chi connectivity index (χ0) is 23.5. The molecule has 0 saturated heterocycles. The summed E-state index contributed by atoms with van der Waals surface area (Å²) in [7, 11) is -1.99. The van der Waals surface area contributed by atoms with Crippen LogP contribution in [-0.4, -0.2) is 37.2 Å². The van der Waals surface area contributed by atoms with Crippen LogP contribution in [-0.2, 0) is 10.0 Å². The van der Waals surface area contributed by atoms with E-state index in [1.807, 2.05) is 12.3 Å². The molecular formula is C24H29N3O3S2. The Balaban J connectivity index is 1.74. The molecule has 8 heteroatoms. The molecule has 2 aromatic carbocycles. The smallest absolute Gasteiger partial charge is 0.257 e. The summed E-state index contributed by atoms with van der Waals surface area (Å²) in [5.41, 5.74) is 5.78. The van der Waals surface area contributed by atoms with E-state index in [1.54, 1.807) is 7.05 Å². The third-order valence-corrected chi connectivity index (χ3v) is 7.94. The number of hydrogen-bond donors (Lipinski definition) is 1. The van der Waals surface area contributed by atoms with Crippen LogP contribution in [0.15, 0.2) is 46.7 Å². The zero-order valence-electron chi connectivity index (χ0n) is 19.1. The van der Waals surface area contributed by atoms with Crippen molar-refractivity contribution in [2.24, 2.45) is 0 Å². The first-order valence-electron chi connectivity index (χ1n) is 10.5. The minimum atomic E-state index is -3.56. The molecule has 32 heavy (non-hydrogen) atoms. The molecule has 0 aliphatic carbocycles. The largest absolute Gasteiger partial charge is 0.298 e. The lowest BCUT2D eigenvalue weighted by atomic mass is 9.98. The third-order valence-electron chi connectivity index (χ3n) is 5.31. The first-order valence-corrected chi connectivity index (χ1v) is 12.9. The van der Waals surface area contributed by atoms with Gasteiger partial charge in [-0.2, -0.15) is 0 Å². The Morgan fingerprint density at radius 3 is 2.31 bits per heavy atom. The molecule has 6 nitrogen and oxygen atoms in total. The molecule has 0 fully saturated rings. The van der Waals surface area contributed by atoms with Crippen molar-refractivity contribution in [2.45, 2.75) is 45.4 Å². The Morgan fingerprint density at radius 2 is 1.72 bits per heavy atom. The minimum absolute atomic E-state index is 0.175. The molecule has 0 spiro atoms. The topological polar surface area (TPSA) is 79.4 Å². The molecule has 1 amide bonds. The van der Waals surface area contributed by atoms with E-state index < -0.39 is 10.0 Å². The number of anilines is 1. The van der Waals surface area contributed by atoms with E-state index in [2.05, 4.69) is 43.2 Å². The average Bonchev–Trinajstić information content (AvgIpc) is 3.19. The summed E-state index contributed by atoms with van der Waals surface area (Å²) in [6, 6.07) is 10.2. The number of thiazole rings is 1. The quantitative estimate of drug-likeness (QED) is 0.476. The second-order valence-corrected chi connectivity index (χ2v) is 10.9. The van der Waals surface area contributed by atoms with Crippen LogP contribution in [0, 0.1) is 20.8 Å². The number of nitrogens with one attached hydrogen (secondary N) is 1. The highest BCUT2D eigenvalue weighted by Gasteiger charge is 2.21. The number of rotatable bonds is 8. The van der Waals surface area contributed by atoms with Crippen molar-refractivity contribution in [1.29, 1.82) is 0 Å². The van der Waals surface area contributed by atoms with Gasteiger partial charge in [0.2, 0.25) is 10.0 Å². The van der Waals surface area contributed by atoms with Gasteiger partial charge in [-0.3, -0.25) is 10.1 Å². The van der Waals surface area contributed by atoms with E-state index in [0.29, 0.717) is 17.2 Å². The molecule has 0 saturated carbocycles. The summed E-state index contributed by atoms with van der Waals surface area (Å²) in [6.45, 7) is 8.66. The van der Waals surface area contributed by atoms with Gasteiger partial charge in [0.05, 0.1) is 10.6 Å². The van der Waals surface area contributed by atoms with Gasteiger partial charge in [-0.15, -0.1) is 11.3 Å². The van der Waals surface area contributed by atoms with Gasteiger partial charge in [0.25, 0.3) is 5.91 Å². The van der Waals surface area contributed by atoms with Crippen molar-refractivity contribution in [1.82, 2.24) is 9.29 Å². The van der Waals surface area contributed by atoms with Crippen LogP contribution < -0.4 is 5.32 Å². The van der Waals surface area contributed by atoms with Gasteiger partial charge in [0.1, 0.15) is 0 Å². The molecule has 0 unspecified atom stereocenters. The maximum absolute atomic E-state index is 12.7. The van der Waals surface area contributed by atoms with Gasteiger partial charge in [-0.25, -0.2) is 17.7 Å². The normalized spacial score (nSPS) is 11.7. The summed E-state index contributed by atoms with van der Waals surface area (Å²) in [5.74, 6) is -0.327. The standard InChI is InChI=1S/C24H29N3O3S2/c1-6-7-12-27(5)32(29,30)20-10-8-19(9-11-20)23(28)26-24-25-21(15-31-24)22-17(3)13-16(2)14-18(22)4/h8-11,13-15H,6-7,12H2,1-5H3,(H,25,26,28). The van der Waals surface area contributed by atoms with Crippen LogP contribution in [0.2, 0.25) is 0 Å². The molecule has 0 aliphatic heterocycles. The molecule has 3 aromatic rings. The Bertz CT molecular complexity index is 1190. The van der Waals surface area contributed by atoms with Gasteiger partial charge >= 0.3 is 0 Å². The number of sulfonamides is 1. The summed E-state index contributed by atoms with van der Waals surface area (Å²) >= 11 is 1.36. The van der Waals surface area contributed by atoms with Crippen molar-refractivity contribution >= 4 is 32.4 Å². The van der Waals surface area contributed by atoms with E-state index in [-0.39, 0.29) is 10.8 Å². The van der Waals surface area contributed by atoms with Crippen LogP contribution in [0.25, 0.3) is 11.3 Å². The number of carbonyl (C=O) groups is 1. The predicted molar refractivity (Wildman–Crippen MR) is 131 cm³/mol. The molecule has 0 atom stereocenters. The summed E-state index contributed by atoms with van der Waals surface area (Å²) in [5, 5.41) is 5.25. The second-order valence-electron chi connectivity index (χ2n) is 7.97. The summed E-state index contributed by atoms with van der Waals surface area (Å²) < 4.78 is 26.6. The van der Waals surface area contributed by atoms with Crippen molar-refractivity contribution in [3.63, 3.8) is 0 Å². The average molecular weight is 472 g/mol. The fourth-order valence-electron chi connectivity index (χ4n) is 3.66. The number of nitrogens with zero attached hydrogens (tertiary/aromatic N) is 2. The molecule has 3 rings (SSSR count). The number of unbranched alkanes of at least 4 members (excludes halogenated alkanes) is 1. The minimum Gasteiger partial charge on any atom is -0.298 e. The Morgan fingerprint density at radius 1 is 1.09 bits per heavy atom. The Hall–Kier alpha value is -2.55. The molecule has 1 heterocycles. The number of hydrogen-bond acceptors (Lipinski definition) is 5. The van der Waals surface area contributed by atoms with Crippen molar-refractivity contribution in [3.8, 4) is 11.3 Å². The first kappa shape index (κ1) is 24.1. The van der Waals surface area contributed by atoms with Gasteiger partial charge in [-0.1, -0.05) is 31.0 Å². The highest BCUT2D eigenvalue weighted by molar-refractivity contribution is 7.89. The lowest BCUT2D eigenvalue weighted by molar-refractivity contribution is 0.102. The number of carbonyl (C=O) groups excluding carboxylic acids is 1. The molecule has 0 aliphatic rings. The van der Waals surface area contributed by atoms with E-state index in [1.165, 1.54) is 45.5 Å². The van der Waals surface area contributed by atoms with Crippen LogP contribution in [0.4, 0.5) is 5.13 Å². The number of benzene rings is 2. The van der Waals surface area contributed by atoms with Crippen molar-refractivity contribution < 1.29 is 13.2 Å². The molecule has 170 valence electrons. The van der Waals surface area contributed by atoms with Gasteiger partial charge in [0, 0.05) is 30.1 Å². The van der Waals surface area contributed by atoms with Crippen LogP contribution >= 0.6 is 11.3 Å². The fraction of sp³-hybridized carbons (Fsp3) is 0.333. The van der Waals surface area contributed by atoms with E-state index >= 15 is 0 Å². The lowest BCUT2D eigenvalue weighted by Crippen LogP contribution is -2.28. The summed E-state index contributed by atoms with van der Waals surface area (Å²) in [6.07, 6.45) is 1.72. The maximum atomic E-state index is 12.7. The fourth-order valence-corrected chi connectivity index (χ4v) is 5.56. The monoisotopic (exact) mass is 471 g/mol. The highest BCUT2D eigenvalue weighted by atomic mass is 32.2. The Kier molecular flexibility index (Phi) is 7.48. The predicted octanol–water partition coefficient (Wildman–Crippen LogP) is 5.41. The van der Waals surface area contributed by atoms with Crippen molar-refractivity contribution in [2.75, 3.05) is 18.9 Å². The lowest BCUT2D eigenvalue weighted by Gasteiger charge is -2.16. The van der Waals surface area contributed by atoms with Crippen LogP contribution in [0.3, 0.4) is 0 Å². The molecule has 1 N–H and O–H groups in total. The summed E-state index contributed by atoms with van der Waals surface area (Å²) in [4.78, 5) is 17.4. The Labute approximate surface area is 194 Å². The highest BCUT2D eigenvalue weighted by Crippen LogP contribution is 2.31. The SMILES string of the molecule is CCCCN(C)S(=O)(=O)c1ccc(C(=O)Nc2nc(-c3c(C)cc(C)cc3C)cs2)cc1. The maximum Gasteiger partial charge on any atom is 0.257 e. The van der Waals surface area contributed by atoms with Gasteiger partial charge < -0.3 is 0 Å². The zero-order valence-corrected chi connectivity index (χ0v) is 20.7. The van der Waals surface area contributed by atoms with E-state index in [4.69, 9.17) is 0 Å². The van der Waals surface area contributed by atoms with Crippen molar-refractivity contribution in [3.05, 3.63) is 64.0 Å². The molecular weight excluding hydrogens is 442 g/mol. The van der Waals surface area contributed by atoms with Gasteiger partial charge in [-0.05, 0) is 62.6 Å². The number of aryl methyl sites for hydroxylation is 3. The molecule has 0 radical (unpaired) electrons. The van der Waals surface area contributed by atoms with Crippen LogP contribution in [0.5, 0.6) is 0 Å². The number of amides is 1. The van der Waals surface area contributed by atoms with E-state index in [9.17, 15) is 13.2 Å². The van der Waals surface area contributed by atoms with Crippen LogP contribution in [0.1, 0.15) is 46.8 Å².